The summed E-state index contributed by atoms with van der Waals surface area (Å²) in [5.74, 6) is 0.0386. The second-order valence-corrected chi connectivity index (χ2v) is 8.03. The number of fused-ring (bicyclic) bond motifs is 1. The van der Waals surface area contributed by atoms with Crippen molar-refractivity contribution in [1.29, 1.82) is 0 Å². The monoisotopic (exact) mass is 467 g/mol. The maximum Gasteiger partial charge on any atom is 0.338 e. The second kappa shape index (κ2) is 11.0. The molecule has 0 radical (unpaired) electrons. The molecule has 1 heterocycles. The first-order valence-corrected chi connectivity index (χ1v) is 11.0. The lowest BCUT2D eigenvalue weighted by Crippen LogP contribution is -2.39. The number of benzene rings is 3. The minimum absolute atomic E-state index is 0.0285. The molecule has 7 nitrogen and oxygen atoms in total. The maximum absolute atomic E-state index is 13.9. The molecule has 3 N–H and O–H groups in total. The van der Waals surface area contributed by atoms with Crippen molar-refractivity contribution in [2.45, 2.75) is 25.0 Å². The minimum atomic E-state index is -1.32. The van der Waals surface area contributed by atoms with Crippen molar-refractivity contribution in [2.24, 2.45) is 0 Å². The quantitative estimate of drug-likeness (QED) is 0.414. The van der Waals surface area contributed by atoms with Gasteiger partial charge in [-0.1, -0.05) is 18.2 Å². The van der Waals surface area contributed by atoms with Crippen LogP contribution in [0, 0.1) is 5.82 Å². The van der Waals surface area contributed by atoms with E-state index in [1.807, 2.05) is 36.4 Å². The molecule has 0 spiro atoms. The highest BCUT2D eigenvalue weighted by molar-refractivity contribution is 5.88. The van der Waals surface area contributed by atoms with Gasteiger partial charge in [0, 0.05) is 19.2 Å². The number of para-hydroxylation sites is 1. The predicted octanol–water partition coefficient (Wildman–Crippen LogP) is 4.04. The van der Waals surface area contributed by atoms with E-state index in [-0.39, 0.29) is 18.5 Å². The molecule has 0 aromatic heterocycles. The Morgan fingerprint density at radius 1 is 1.09 bits per heavy atom. The lowest BCUT2D eigenvalue weighted by molar-refractivity contribution is 0.0692. The number of carbonyl (C=O) groups is 1. The number of rotatable bonds is 10. The number of nitrogens with one attached hydrogen (secondary N) is 1. The largest absolute Gasteiger partial charge is 0.491 e. The summed E-state index contributed by atoms with van der Waals surface area (Å²) >= 11 is 0. The molecule has 178 valence electrons. The molecule has 0 saturated carbocycles. The van der Waals surface area contributed by atoms with Gasteiger partial charge in [0.05, 0.1) is 5.56 Å². The van der Waals surface area contributed by atoms with Gasteiger partial charge in [0.15, 0.2) is 0 Å². The molecule has 8 heteroatoms. The van der Waals surface area contributed by atoms with E-state index in [9.17, 15) is 14.3 Å². The molecule has 0 saturated heterocycles. The Kier molecular flexibility index (Phi) is 7.61. The first kappa shape index (κ1) is 23.5. The number of ether oxygens (including phenoxy) is 3. The number of carboxylic acid groups (broad SMARTS) is 1. The molecule has 1 aliphatic rings. The number of hydrogen-bond donors (Lipinski definition) is 3. The van der Waals surface area contributed by atoms with Gasteiger partial charge in [0.25, 0.3) is 0 Å². The topological polar surface area (TPSA) is 97.3 Å². The average molecular weight is 467 g/mol. The zero-order valence-electron chi connectivity index (χ0n) is 18.4. The van der Waals surface area contributed by atoms with Gasteiger partial charge in [0.2, 0.25) is 0 Å². The molecule has 0 bridgehead atoms. The zero-order chi connectivity index (χ0) is 23.9. The Morgan fingerprint density at radius 2 is 1.85 bits per heavy atom. The third kappa shape index (κ3) is 6.24. The number of hydrogen-bond acceptors (Lipinski definition) is 6. The fraction of sp³-hybridized carbons (Fsp3) is 0.269. The van der Waals surface area contributed by atoms with Crippen molar-refractivity contribution < 1.29 is 33.6 Å². The van der Waals surface area contributed by atoms with E-state index in [0.717, 1.165) is 36.0 Å². The Balaban J connectivity index is 1.24. The standard InChI is InChI=1S/C26H26FNO6/c27-24-13-21(8-10-23(24)26(30)31)33-20-9-11-25-17(12-20)6-7-22(34-25)15-28-14-18(29)16-32-19-4-2-1-3-5-19/h1-5,8-13,18,22,28-29H,6-7,14-16H2,(H,30,31)/t18-,22+/m0/s1. The molecule has 4 rings (SSSR count). The summed E-state index contributed by atoms with van der Waals surface area (Å²) < 4.78 is 31.2. The van der Waals surface area contributed by atoms with Crippen LogP contribution in [0.2, 0.25) is 0 Å². The second-order valence-electron chi connectivity index (χ2n) is 8.03. The van der Waals surface area contributed by atoms with Crippen LogP contribution >= 0.6 is 0 Å². The van der Waals surface area contributed by atoms with Crippen molar-refractivity contribution in [3.63, 3.8) is 0 Å². The van der Waals surface area contributed by atoms with Crippen LogP contribution in [0.25, 0.3) is 0 Å². The maximum atomic E-state index is 13.9. The summed E-state index contributed by atoms with van der Waals surface area (Å²) in [5, 5.41) is 22.3. The van der Waals surface area contributed by atoms with Crippen molar-refractivity contribution in [3.8, 4) is 23.0 Å². The van der Waals surface area contributed by atoms with Gasteiger partial charge in [-0.05, 0) is 60.9 Å². The summed E-state index contributed by atoms with van der Waals surface area (Å²) in [5.41, 5.74) is 0.578. The van der Waals surface area contributed by atoms with E-state index in [1.54, 1.807) is 12.1 Å². The lowest BCUT2D eigenvalue weighted by Gasteiger charge is -2.27. The summed E-state index contributed by atoms with van der Waals surface area (Å²) in [6, 6.07) is 18.4. The predicted molar refractivity (Wildman–Crippen MR) is 123 cm³/mol. The van der Waals surface area contributed by atoms with Crippen LogP contribution in [0.4, 0.5) is 4.39 Å². The van der Waals surface area contributed by atoms with Gasteiger partial charge < -0.3 is 29.7 Å². The highest BCUT2D eigenvalue weighted by Crippen LogP contribution is 2.33. The summed E-state index contributed by atoms with van der Waals surface area (Å²) in [6.45, 7) is 1.19. The highest BCUT2D eigenvalue weighted by atomic mass is 19.1. The number of carboxylic acids is 1. The molecule has 1 aliphatic heterocycles. The molecule has 3 aromatic carbocycles. The molecule has 0 amide bonds. The molecule has 0 unspecified atom stereocenters. The molecule has 2 atom stereocenters. The molecule has 34 heavy (non-hydrogen) atoms. The third-order valence-corrected chi connectivity index (χ3v) is 5.41. The Morgan fingerprint density at radius 3 is 2.62 bits per heavy atom. The van der Waals surface area contributed by atoms with Crippen molar-refractivity contribution in [1.82, 2.24) is 5.32 Å². The highest BCUT2D eigenvalue weighted by Gasteiger charge is 2.21. The summed E-state index contributed by atoms with van der Waals surface area (Å²) in [6.07, 6.45) is 0.914. The van der Waals surface area contributed by atoms with E-state index < -0.39 is 23.5 Å². The van der Waals surface area contributed by atoms with Gasteiger partial charge in [-0.3, -0.25) is 0 Å². The van der Waals surface area contributed by atoms with Crippen LogP contribution in [0.5, 0.6) is 23.0 Å². The van der Waals surface area contributed by atoms with Gasteiger partial charge in [0.1, 0.15) is 47.6 Å². The number of aromatic carboxylic acids is 1. The van der Waals surface area contributed by atoms with Crippen LogP contribution < -0.4 is 19.5 Å². The van der Waals surface area contributed by atoms with Crippen LogP contribution in [-0.2, 0) is 6.42 Å². The van der Waals surface area contributed by atoms with E-state index in [4.69, 9.17) is 19.3 Å². The normalized spacial score (nSPS) is 15.6. The van der Waals surface area contributed by atoms with E-state index in [0.29, 0.717) is 18.8 Å². The summed E-state index contributed by atoms with van der Waals surface area (Å²) in [7, 11) is 0. The number of aryl methyl sites for hydroxylation is 1. The Labute approximate surface area is 196 Å². The average Bonchev–Trinajstić information content (AvgIpc) is 2.83. The van der Waals surface area contributed by atoms with Crippen LogP contribution in [0.3, 0.4) is 0 Å². The zero-order valence-corrected chi connectivity index (χ0v) is 18.4. The first-order chi connectivity index (χ1) is 16.5. The van der Waals surface area contributed by atoms with Crippen molar-refractivity contribution >= 4 is 5.97 Å². The minimum Gasteiger partial charge on any atom is -0.491 e. The SMILES string of the molecule is O=C(O)c1ccc(Oc2ccc3c(c2)CC[C@H](CNC[C@H](O)COc2ccccc2)O3)cc1F. The molecule has 3 aromatic rings. The molecule has 0 fully saturated rings. The van der Waals surface area contributed by atoms with Crippen molar-refractivity contribution in [2.75, 3.05) is 19.7 Å². The van der Waals surface area contributed by atoms with Crippen LogP contribution in [0.15, 0.2) is 66.7 Å². The van der Waals surface area contributed by atoms with E-state index >= 15 is 0 Å². The fourth-order valence-electron chi connectivity index (χ4n) is 3.68. The summed E-state index contributed by atoms with van der Waals surface area (Å²) in [4.78, 5) is 10.9. The van der Waals surface area contributed by atoms with Crippen molar-refractivity contribution in [3.05, 3.63) is 83.7 Å². The van der Waals surface area contributed by atoms with Gasteiger partial charge >= 0.3 is 5.97 Å². The van der Waals surface area contributed by atoms with Gasteiger partial charge in [-0.25, -0.2) is 9.18 Å². The van der Waals surface area contributed by atoms with Gasteiger partial charge in [-0.15, -0.1) is 0 Å². The molecular formula is C26H26FNO6. The number of aliphatic hydroxyl groups is 1. The van der Waals surface area contributed by atoms with Crippen LogP contribution in [0.1, 0.15) is 22.3 Å². The Hall–Kier alpha value is -3.62. The van der Waals surface area contributed by atoms with Gasteiger partial charge in [-0.2, -0.15) is 0 Å². The lowest BCUT2D eigenvalue weighted by atomic mass is 10.0. The van der Waals surface area contributed by atoms with E-state index in [2.05, 4.69) is 5.32 Å². The smallest absolute Gasteiger partial charge is 0.338 e. The number of halogens is 1. The van der Waals surface area contributed by atoms with E-state index in [1.165, 1.54) is 12.1 Å². The molecular weight excluding hydrogens is 441 g/mol. The fourth-order valence-corrected chi connectivity index (χ4v) is 3.68. The molecule has 0 aliphatic carbocycles. The van der Waals surface area contributed by atoms with Crippen LogP contribution in [-0.4, -0.2) is 48.1 Å². The first-order valence-electron chi connectivity index (χ1n) is 11.0. The Bertz CT molecular complexity index is 1120. The third-order valence-electron chi connectivity index (χ3n) is 5.41. The number of aliphatic hydroxyl groups excluding tert-OH is 1.